The van der Waals surface area contributed by atoms with Crippen molar-refractivity contribution in [2.75, 3.05) is 32.8 Å². The predicted octanol–water partition coefficient (Wildman–Crippen LogP) is 1.44. The number of nitrogens with zero attached hydrogens (tertiary/aromatic N) is 4. The Kier molecular flexibility index (Phi) is 5.56. The highest BCUT2D eigenvalue weighted by molar-refractivity contribution is 5.94. The van der Waals surface area contributed by atoms with Crippen molar-refractivity contribution in [2.45, 2.75) is 38.3 Å². The van der Waals surface area contributed by atoms with E-state index in [0.29, 0.717) is 25.3 Å². The molecule has 0 saturated carbocycles. The zero-order valence-corrected chi connectivity index (χ0v) is 17.1. The Morgan fingerprint density at radius 2 is 2.03 bits per heavy atom. The number of morpholine rings is 1. The van der Waals surface area contributed by atoms with Crippen LogP contribution in [-0.2, 0) is 24.8 Å². The third-order valence-corrected chi connectivity index (χ3v) is 5.99. The normalized spacial score (nSPS) is 19.6. The van der Waals surface area contributed by atoms with Crippen LogP contribution in [0.1, 0.15) is 41.6 Å². The molecule has 2 fully saturated rings. The molecule has 2 aliphatic heterocycles. The zero-order valence-electron chi connectivity index (χ0n) is 17.1. The number of ether oxygens (including phenoxy) is 1. The minimum atomic E-state index is -0.291. The number of carbonyl (C=O) groups excluding carboxylic acids is 1. The van der Waals surface area contributed by atoms with Gasteiger partial charge in [-0.05, 0) is 25.3 Å². The molecule has 0 unspecified atom stereocenters. The van der Waals surface area contributed by atoms with E-state index in [1.54, 1.807) is 19.3 Å². The molecule has 0 aliphatic carbocycles. The number of likely N-dealkylation sites (tertiary alicyclic amines) is 1. The molecule has 0 bridgehead atoms. The van der Waals surface area contributed by atoms with Gasteiger partial charge in [-0.25, -0.2) is 0 Å². The molecule has 0 radical (unpaired) electrons. The van der Waals surface area contributed by atoms with Crippen LogP contribution < -0.4 is 5.56 Å². The first kappa shape index (κ1) is 19.8. The molecule has 2 aromatic heterocycles. The molecule has 1 spiro atoms. The number of piperidine rings is 1. The van der Waals surface area contributed by atoms with Gasteiger partial charge in [0.1, 0.15) is 0 Å². The Morgan fingerprint density at radius 3 is 2.72 bits per heavy atom. The monoisotopic (exact) mass is 400 g/mol. The highest BCUT2D eigenvalue weighted by Crippen LogP contribution is 2.31. The van der Waals surface area contributed by atoms with Crippen molar-refractivity contribution in [1.29, 1.82) is 0 Å². The SMILES string of the molecule is CCc1cc(CN2CCC3(CC2)CN(C(=O)c2ccc(=O)n(C)c2)CCO3)on1. The van der Waals surface area contributed by atoms with Gasteiger partial charge in [-0.15, -0.1) is 0 Å². The van der Waals surface area contributed by atoms with Crippen molar-refractivity contribution in [3.05, 3.63) is 51.8 Å². The van der Waals surface area contributed by atoms with E-state index in [2.05, 4.69) is 17.0 Å². The van der Waals surface area contributed by atoms with Gasteiger partial charge < -0.3 is 18.7 Å². The fourth-order valence-electron chi connectivity index (χ4n) is 4.16. The maximum atomic E-state index is 13.0. The molecule has 4 rings (SSSR count). The van der Waals surface area contributed by atoms with Crippen molar-refractivity contribution in [3.63, 3.8) is 0 Å². The van der Waals surface area contributed by atoms with Gasteiger partial charge in [0.25, 0.3) is 5.91 Å². The Hall–Kier alpha value is -2.45. The molecule has 0 atom stereocenters. The van der Waals surface area contributed by atoms with Crippen LogP contribution in [-0.4, -0.2) is 63.8 Å². The predicted molar refractivity (Wildman–Crippen MR) is 107 cm³/mol. The van der Waals surface area contributed by atoms with Crippen LogP contribution in [0.5, 0.6) is 0 Å². The molecule has 4 heterocycles. The summed E-state index contributed by atoms with van der Waals surface area (Å²) in [4.78, 5) is 28.8. The summed E-state index contributed by atoms with van der Waals surface area (Å²) in [6, 6.07) is 5.07. The standard InChI is InChI=1S/C21H28N4O4/c1-3-17-12-18(29-22-17)14-24-8-6-21(7-9-24)15-25(10-11-28-21)20(27)16-4-5-19(26)23(2)13-16/h4-5,12-13H,3,6-11,14-15H2,1-2H3. The van der Waals surface area contributed by atoms with Gasteiger partial charge in [-0.1, -0.05) is 12.1 Å². The summed E-state index contributed by atoms with van der Waals surface area (Å²) in [5.41, 5.74) is 1.11. The molecule has 156 valence electrons. The number of rotatable bonds is 4. The molecular weight excluding hydrogens is 372 g/mol. The maximum Gasteiger partial charge on any atom is 0.255 e. The summed E-state index contributed by atoms with van der Waals surface area (Å²) in [7, 11) is 1.66. The molecule has 8 nitrogen and oxygen atoms in total. The molecule has 2 aliphatic rings. The summed E-state index contributed by atoms with van der Waals surface area (Å²) >= 11 is 0. The van der Waals surface area contributed by atoms with E-state index in [-0.39, 0.29) is 17.1 Å². The Bertz CT molecular complexity index is 927. The summed E-state index contributed by atoms with van der Waals surface area (Å²) in [6.45, 7) is 6.31. The summed E-state index contributed by atoms with van der Waals surface area (Å²) in [6.07, 6.45) is 4.23. The zero-order chi connectivity index (χ0) is 20.4. The van der Waals surface area contributed by atoms with Crippen molar-refractivity contribution in [2.24, 2.45) is 7.05 Å². The van der Waals surface area contributed by atoms with Gasteiger partial charge in [0.15, 0.2) is 5.76 Å². The minimum Gasteiger partial charge on any atom is -0.371 e. The summed E-state index contributed by atoms with van der Waals surface area (Å²) in [5.74, 6) is 0.855. The molecular formula is C21H28N4O4. The molecule has 2 saturated heterocycles. The third kappa shape index (κ3) is 4.28. The second-order valence-corrected chi connectivity index (χ2v) is 8.04. The van der Waals surface area contributed by atoms with Gasteiger partial charge in [0, 0.05) is 45.0 Å². The average molecular weight is 400 g/mol. The maximum absolute atomic E-state index is 13.0. The Balaban J connectivity index is 1.37. The van der Waals surface area contributed by atoms with E-state index in [9.17, 15) is 9.59 Å². The van der Waals surface area contributed by atoms with Crippen LogP contribution in [0.2, 0.25) is 0 Å². The van der Waals surface area contributed by atoms with Crippen molar-refractivity contribution >= 4 is 5.91 Å². The van der Waals surface area contributed by atoms with Gasteiger partial charge >= 0.3 is 0 Å². The molecule has 0 N–H and O–H groups in total. The Morgan fingerprint density at radius 1 is 1.24 bits per heavy atom. The van der Waals surface area contributed by atoms with Crippen molar-refractivity contribution < 1.29 is 14.1 Å². The highest BCUT2D eigenvalue weighted by atomic mass is 16.5. The minimum absolute atomic E-state index is 0.0422. The molecule has 1 amide bonds. The lowest BCUT2D eigenvalue weighted by Gasteiger charge is -2.47. The lowest BCUT2D eigenvalue weighted by atomic mass is 9.89. The number of amides is 1. The van der Waals surface area contributed by atoms with Crippen LogP contribution >= 0.6 is 0 Å². The van der Waals surface area contributed by atoms with Gasteiger partial charge in [-0.3, -0.25) is 14.5 Å². The number of hydrogen-bond acceptors (Lipinski definition) is 6. The second kappa shape index (κ2) is 8.12. The van der Waals surface area contributed by atoms with Gasteiger partial charge in [0.2, 0.25) is 5.56 Å². The first-order chi connectivity index (χ1) is 14.0. The van der Waals surface area contributed by atoms with Gasteiger partial charge in [0.05, 0.1) is 36.6 Å². The molecule has 0 aromatic carbocycles. The van der Waals surface area contributed by atoms with E-state index in [4.69, 9.17) is 9.26 Å². The third-order valence-electron chi connectivity index (χ3n) is 5.99. The van der Waals surface area contributed by atoms with E-state index in [1.807, 2.05) is 11.0 Å². The first-order valence-corrected chi connectivity index (χ1v) is 10.2. The molecule has 8 heteroatoms. The number of carbonyl (C=O) groups is 1. The van der Waals surface area contributed by atoms with Crippen molar-refractivity contribution in [3.8, 4) is 0 Å². The smallest absolute Gasteiger partial charge is 0.255 e. The highest BCUT2D eigenvalue weighted by Gasteiger charge is 2.41. The van der Waals surface area contributed by atoms with Gasteiger partial charge in [-0.2, -0.15) is 0 Å². The average Bonchev–Trinajstić information content (AvgIpc) is 3.19. The summed E-state index contributed by atoms with van der Waals surface area (Å²) in [5, 5.41) is 4.06. The number of pyridine rings is 1. The van der Waals surface area contributed by atoms with E-state index in [0.717, 1.165) is 50.4 Å². The first-order valence-electron chi connectivity index (χ1n) is 10.2. The molecule has 29 heavy (non-hydrogen) atoms. The second-order valence-electron chi connectivity index (χ2n) is 8.04. The lowest BCUT2D eigenvalue weighted by molar-refractivity contribution is -0.128. The van der Waals surface area contributed by atoms with Crippen LogP contribution in [0.25, 0.3) is 0 Å². The molecule has 2 aromatic rings. The number of hydrogen-bond donors (Lipinski definition) is 0. The lowest BCUT2D eigenvalue weighted by Crippen LogP contribution is -2.58. The Labute approximate surface area is 170 Å². The van der Waals surface area contributed by atoms with Crippen LogP contribution in [0.3, 0.4) is 0 Å². The van der Waals surface area contributed by atoms with Crippen LogP contribution in [0.4, 0.5) is 0 Å². The summed E-state index contributed by atoms with van der Waals surface area (Å²) < 4.78 is 13.0. The number of aromatic nitrogens is 2. The quantitative estimate of drug-likeness (QED) is 0.773. The van der Waals surface area contributed by atoms with E-state index < -0.39 is 0 Å². The van der Waals surface area contributed by atoms with Crippen LogP contribution in [0.15, 0.2) is 33.7 Å². The van der Waals surface area contributed by atoms with E-state index in [1.165, 1.54) is 10.6 Å². The van der Waals surface area contributed by atoms with Crippen molar-refractivity contribution in [1.82, 2.24) is 19.5 Å². The van der Waals surface area contributed by atoms with E-state index >= 15 is 0 Å². The fraction of sp³-hybridized carbons (Fsp3) is 0.571. The topological polar surface area (TPSA) is 80.8 Å². The fourth-order valence-corrected chi connectivity index (χ4v) is 4.16. The number of aryl methyl sites for hydroxylation is 2. The van der Waals surface area contributed by atoms with Crippen LogP contribution in [0, 0.1) is 0 Å². The largest absolute Gasteiger partial charge is 0.371 e.